The number of aromatic nitrogens is 4. The molecule has 0 amide bonds. The number of ether oxygens (including phenoxy) is 1. The molecule has 0 saturated heterocycles. The smallest absolute Gasteiger partial charge is 0.358 e. The van der Waals surface area contributed by atoms with Crippen LogP contribution < -0.4 is 4.74 Å². The summed E-state index contributed by atoms with van der Waals surface area (Å²) < 4.78 is 7.18. The van der Waals surface area contributed by atoms with Crippen molar-refractivity contribution in [1.82, 2.24) is 19.8 Å². The average Bonchev–Trinajstić information content (AvgIpc) is 2.85. The molecule has 0 aliphatic rings. The first-order valence-electron chi connectivity index (χ1n) is 7.61. The van der Waals surface area contributed by atoms with E-state index in [1.165, 1.54) is 4.52 Å². The molecule has 0 atom stereocenters. The molecule has 1 N–H and O–H groups in total. The molecule has 2 heterocycles. The molecule has 0 unspecified atom stereocenters. The third-order valence-corrected chi connectivity index (χ3v) is 3.66. The Morgan fingerprint density at radius 3 is 2.42 bits per heavy atom. The molecular weight excluding hydrogens is 308 g/mol. The molecule has 124 valence electrons. The van der Waals surface area contributed by atoms with Gasteiger partial charge in [0, 0.05) is 0 Å². The number of aryl methyl sites for hydroxylation is 2. The van der Waals surface area contributed by atoms with E-state index in [1.54, 1.807) is 6.92 Å². The molecule has 0 bridgehead atoms. The standard InChI is InChI=1S/C17H18N4O3/c1-9(2)24-13-7-5-12(6-8-13)14-10(3)20-21-11(4)15(17(22)23)18-19-16(14)21/h5-9H,1-4H3,(H,22,23). The lowest BCUT2D eigenvalue weighted by Crippen LogP contribution is -2.10. The number of benzene rings is 1. The lowest BCUT2D eigenvalue weighted by atomic mass is 10.1. The van der Waals surface area contributed by atoms with Crippen LogP contribution in [0.4, 0.5) is 0 Å². The quantitative estimate of drug-likeness (QED) is 0.793. The fraction of sp³-hybridized carbons (Fsp3) is 0.294. The van der Waals surface area contributed by atoms with E-state index >= 15 is 0 Å². The number of carboxylic acids is 1. The summed E-state index contributed by atoms with van der Waals surface area (Å²) in [4.78, 5) is 11.2. The van der Waals surface area contributed by atoms with E-state index < -0.39 is 5.97 Å². The molecular formula is C17H18N4O3. The predicted molar refractivity (Wildman–Crippen MR) is 88.4 cm³/mol. The normalized spacial score (nSPS) is 11.2. The molecule has 3 rings (SSSR count). The molecule has 0 aliphatic heterocycles. The van der Waals surface area contributed by atoms with Gasteiger partial charge in [-0.05, 0) is 45.4 Å². The number of carbonyl (C=O) groups is 1. The van der Waals surface area contributed by atoms with Crippen LogP contribution in [-0.4, -0.2) is 37.0 Å². The van der Waals surface area contributed by atoms with Crippen LogP contribution in [0.5, 0.6) is 5.75 Å². The summed E-state index contributed by atoms with van der Waals surface area (Å²) in [5.41, 5.74) is 3.40. The molecule has 24 heavy (non-hydrogen) atoms. The van der Waals surface area contributed by atoms with E-state index in [-0.39, 0.29) is 11.8 Å². The van der Waals surface area contributed by atoms with E-state index in [4.69, 9.17) is 9.84 Å². The van der Waals surface area contributed by atoms with Gasteiger partial charge in [-0.3, -0.25) is 0 Å². The Morgan fingerprint density at radius 2 is 1.83 bits per heavy atom. The molecule has 0 aliphatic carbocycles. The third-order valence-electron chi connectivity index (χ3n) is 3.66. The molecule has 0 saturated carbocycles. The fourth-order valence-electron chi connectivity index (χ4n) is 2.62. The summed E-state index contributed by atoms with van der Waals surface area (Å²) in [5, 5.41) is 21.5. The van der Waals surface area contributed by atoms with Gasteiger partial charge in [-0.2, -0.15) is 5.10 Å². The lowest BCUT2D eigenvalue weighted by Gasteiger charge is -2.10. The van der Waals surface area contributed by atoms with Crippen molar-refractivity contribution in [2.45, 2.75) is 33.8 Å². The Labute approximate surface area is 138 Å². The van der Waals surface area contributed by atoms with Gasteiger partial charge in [-0.15, -0.1) is 10.2 Å². The van der Waals surface area contributed by atoms with E-state index in [1.807, 2.05) is 45.0 Å². The zero-order valence-electron chi connectivity index (χ0n) is 13.9. The van der Waals surface area contributed by atoms with Crippen molar-refractivity contribution in [2.75, 3.05) is 0 Å². The number of aromatic carboxylic acids is 1. The summed E-state index contributed by atoms with van der Waals surface area (Å²) in [6.07, 6.45) is 0.109. The van der Waals surface area contributed by atoms with Crippen molar-refractivity contribution < 1.29 is 14.6 Å². The van der Waals surface area contributed by atoms with Crippen LogP contribution in [0.3, 0.4) is 0 Å². The number of fused-ring (bicyclic) bond motifs is 1. The summed E-state index contributed by atoms with van der Waals surface area (Å²) in [6, 6.07) is 7.65. The summed E-state index contributed by atoms with van der Waals surface area (Å²) in [7, 11) is 0. The van der Waals surface area contributed by atoms with Crippen LogP contribution in [-0.2, 0) is 0 Å². The van der Waals surface area contributed by atoms with Crippen LogP contribution in [0.15, 0.2) is 24.3 Å². The van der Waals surface area contributed by atoms with Crippen molar-refractivity contribution in [3.63, 3.8) is 0 Å². The molecule has 7 nitrogen and oxygen atoms in total. The summed E-state index contributed by atoms with van der Waals surface area (Å²) in [6.45, 7) is 7.48. The summed E-state index contributed by atoms with van der Waals surface area (Å²) >= 11 is 0. The van der Waals surface area contributed by atoms with Crippen molar-refractivity contribution in [3.05, 3.63) is 41.3 Å². The molecule has 3 aromatic rings. The van der Waals surface area contributed by atoms with Crippen molar-refractivity contribution >= 4 is 11.6 Å². The summed E-state index contributed by atoms with van der Waals surface area (Å²) in [5.74, 6) is -0.329. The second-order valence-electron chi connectivity index (χ2n) is 5.83. The predicted octanol–water partition coefficient (Wildman–Crippen LogP) is 2.89. The van der Waals surface area contributed by atoms with Crippen LogP contribution in [0.25, 0.3) is 16.8 Å². The third kappa shape index (κ3) is 2.68. The number of hydrogen-bond donors (Lipinski definition) is 1. The lowest BCUT2D eigenvalue weighted by molar-refractivity contribution is 0.0687. The maximum atomic E-state index is 11.2. The zero-order chi connectivity index (χ0) is 17.4. The van der Waals surface area contributed by atoms with Gasteiger partial charge in [-0.25, -0.2) is 9.31 Å². The fourth-order valence-corrected chi connectivity index (χ4v) is 2.62. The highest BCUT2D eigenvalue weighted by atomic mass is 16.5. The van der Waals surface area contributed by atoms with E-state index in [2.05, 4.69) is 15.3 Å². The SMILES string of the molecule is Cc1nn2c(C)c(C(=O)O)nnc2c1-c1ccc(OC(C)C)cc1. The molecule has 0 radical (unpaired) electrons. The molecule has 2 aromatic heterocycles. The second kappa shape index (κ2) is 5.92. The van der Waals surface area contributed by atoms with Gasteiger partial charge in [0.05, 0.1) is 23.1 Å². The Bertz CT molecular complexity index is 914. The molecule has 1 aromatic carbocycles. The highest BCUT2D eigenvalue weighted by Gasteiger charge is 2.19. The van der Waals surface area contributed by atoms with Crippen LogP contribution >= 0.6 is 0 Å². The minimum atomic E-state index is -1.12. The van der Waals surface area contributed by atoms with Crippen molar-refractivity contribution in [1.29, 1.82) is 0 Å². The van der Waals surface area contributed by atoms with Gasteiger partial charge in [0.25, 0.3) is 0 Å². The minimum absolute atomic E-state index is 0.0998. The number of carboxylic acid groups (broad SMARTS) is 1. The van der Waals surface area contributed by atoms with Crippen LogP contribution in [0, 0.1) is 13.8 Å². The minimum Gasteiger partial charge on any atom is -0.491 e. The zero-order valence-corrected chi connectivity index (χ0v) is 13.9. The van der Waals surface area contributed by atoms with Crippen LogP contribution in [0.1, 0.15) is 35.7 Å². The highest BCUT2D eigenvalue weighted by molar-refractivity contribution is 5.87. The molecule has 0 fully saturated rings. The maximum absolute atomic E-state index is 11.2. The number of rotatable bonds is 4. The van der Waals surface area contributed by atoms with E-state index in [0.29, 0.717) is 11.3 Å². The monoisotopic (exact) mass is 326 g/mol. The van der Waals surface area contributed by atoms with E-state index in [0.717, 1.165) is 22.6 Å². The Hall–Kier alpha value is -2.96. The molecule has 7 heteroatoms. The highest BCUT2D eigenvalue weighted by Crippen LogP contribution is 2.29. The van der Waals surface area contributed by atoms with Gasteiger partial charge in [0.2, 0.25) is 0 Å². The second-order valence-corrected chi connectivity index (χ2v) is 5.83. The van der Waals surface area contributed by atoms with Crippen molar-refractivity contribution in [3.8, 4) is 16.9 Å². The van der Waals surface area contributed by atoms with E-state index in [9.17, 15) is 4.79 Å². The number of hydrogen-bond acceptors (Lipinski definition) is 5. The Kier molecular flexibility index (Phi) is 3.92. The number of nitrogens with zero attached hydrogens (tertiary/aromatic N) is 4. The topological polar surface area (TPSA) is 89.6 Å². The Balaban J connectivity index is 2.11. The van der Waals surface area contributed by atoms with Gasteiger partial charge >= 0.3 is 5.97 Å². The first-order valence-corrected chi connectivity index (χ1v) is 7.61. The van der Waals surface area contributed by atoms with Crippen molar-refractivity contribution in [2.24, 2.45) is 0 Å². The average molecular weight is 326 g/mol. The largest absolute Gasteiger partial charge is 0.491 e. The first kappa shape index (κ1) is 15.9. The van der Waals surface area contributed by atoms with Crippen LogP contribution in [0.2, 0.25) is 0 Å². The van der Waals surface area contributed by atoms with Gasteiger partial charge < -0.3 is 9.84 Å². The molecule has 0 spiro atoms. The van der Waals surface area contributed by atoms with Gasteiger partial charge in [-0.1, -0.05) is 12.1 Å². The maximum Gasteiger partial charge on any atom is 0.358 e. The van der Waals surface area contributed by atoms with Gasteiger partial charge in [0.1, 0.15) is 5.75 Å². The Morgan fingerprint density at radius 1 is 1.17 bits per heavy atom. The first-order chi connectivity index (χ1) is 11.4. The van der Waals surface area contributed by atoms with Gasteiger partial charge in [0.15, 0.2) is 11.3 Å².